The lowest BCUT2D eigenvalue weighted by molar-refractivity contribution is 0.297. The fraction of sp³-hybridized carbons (Fsp3) is 0.357. The maximum Gasteiger partial charge on any atom is 0.163 e. The van der Waals surface area contributed by atoms with Crippen LogP contribution in [-0.4, -0.2) is 22.8 Å². The van der Waals surface area contributed by atoms with E-state index in [0.29, 0.717) is 13.2 Å². The monoisotopic (exact) mass is 259 g/mol. The first-order valence-corrected chi connectivity index (χ1v) is 6.43. The van der Waals surface area contributed by atoms with Crippen molar-refractivity contribution in [1.29, 1.82) is 0 Å². The zero-order valence-corrected chi connectivity index (χ0v) is 10.9. The molecule has 0 fully saturated rings. The summed E-state index contributed by atoms with van der Waals surface area (Å²) in [5.41, 5.74) is 7.89. The van der Waals surface area contributed by atoms with Crippen molar-refractivity contribution >= 4 is 0 Å². The molecule has 1 aliphatic rings. The Morgan fingerprint density at radius 2 is 2.05 bits per heavy atom. The molecule has 2 aromatic rings. The van der Waals surface area contributed by atoms with Crippen molar-refractivity contribution in [3.05, 3.63) is 36.4 Å². The van der Waals surface area contributed by atoms with Gasteiger partial charge in [0, 0.05) is 18.5 Å². The lowest BCUT2D eigenvalue weighted by Gasteiger charge is -2.13. The van der Waals surface area contributed by atoms with Gasteiger partial charge in [-0.05, 0) is 19.1 Å². The highest BCUT2D eigenvalue weighted by atomic mass is 16.5. The molecular weight excluding hydrogens is 242 g/mol. The van der Waals surface area contributed by atoms with Gasteiger partial charge in [-0.15, -0.1) is 0 Å². The van der Waals surface area contributed by atoms with E-state index in [2.05, 4.69) is 4.98 Å². The quantitative estimate of drug-likeness (QED) is 0.896. The number of rotatable bonds is 2. The van der Waals surface area contributed by atoms with Gasteiger partial charge in [0.05, 0.1) is 37.1 Å². The summed E-state index contributed by atoms with van der Waals surface area (Å²) in [6.07, 6.45) is 4.45. The summed E-state index contributed by atoms with van der Waals surface area (Å²) in [6, 6.07) is 5.81. The minimum absolute atomic E-state index is 0.0709. The van der Waals surface area contributed by atoms with Crippen molar-refractivity contribution in [1.82, 2.24) is 9.55 Å². The summed E-state index contributed by atoms with van der Waals surface area (Å²) in [5, 5.41) is 0. The Kier molecular flexibility index (Phi) is 3.13. The highest BCUT2D eigenvalue weighted by Gasteiger charge is 2.13. The number of imidazole rings is 1. The molecule has 100 valence electrons. The molecule has 0 unspecified atom stereocenters. The Morgan fingerprint density at radius 1 is 1.26 bits per heavy atom. The summed E-state index contributed by atoms with van der Waals surface area (Å²) < 4.78 is 13.3. The molecule has 0 aliphatic carbocycles. The highest BCUT2D eigenvalue weighted by Crippen LogP contribution is 2.32. The third-order valence-electron chi connectivity index (χ3n) is 3.14. The van der Waals surface area contributed by atoms with Crippen molar-refractivity contribution < 1.29 is 9.47 Å². The second kappa shape index (κ2) is 4.93. The van der Waals surface area contributed by atoms with E-state index >= 15 is 0 Å². The molecule has 2 N–H and O–H groups in total. The maximum atomic E-state index is 5.94. The van der Waals surface area contributed by atoms with E-state index in [-0.39, 0.29) is 6.04 Å². The smallest absolute Gasteiger partial charge is 0.163 e. The van der Waals surface area contributed by atoms with Crippen LogP contribution in [0.3, 0.4) is 0 Å². The predicted molar refractivity (Wildman–Crippen MR) is 71.8 cm³/mol. The Morgan fingerprint density at radius 3 is 2.84 bits per heavy atom. The Hall–Kier alpha value is -2.01. The van der Waals surface area contributed by atoms with E-state index in [4.69, 9.17) is 15.2 Å². The van der Waals surface area contributed by atoms with Gasteiger partial charge in [-0.2, -0.15) is 0 Å². The van der Waals surface area contributed by atoms with Gasteiger partial charge in [-0.3, -0.25) is 0 Å². The third kappa shape index (κ3) is 2.29. The molecule has 5 nitrogen and oxygen atoms in total. The van der Waals surface area contributed by atoms with Crippen molar-refractivity contribution in [3.8, 4) is 17.2 Å². The van der Waals surface area contributed by atoms with Crippen LogP contribution in [0.4, 0.5) is 0 Å². The van der Waals surface area contributed by atoms with E-state index in [1.165, 1.54) is 0 Å². The second-order valence-electron chi connectivity index (χ2n) is 4.66. The summed E-state index contributed by atoms with van der Waals surface area (Å²) in [7, 11) is 0. The molecule has 0 bridgehead atoms. The van der Waals surface area contributed by atoms with E-state index in [1.807, 2.05) is 29.7 Å². The van der Waals surface area contributed by atoms with E-state index in [0.717, 1.165) is 29.3 Å². The van der Waals surface area contributed by atoms with Crippen molar-refractivity contribution in [2.24, 2.45) is 5.73 Å². The molecule has 0 radical (unpaired) electrons. The number of nitrogens with two attached hydrogens (primary N) is 1. The Labute approximate surface area is 112 Å². The van der Waals surface area contributed by atoms with Crippen LogP contribution in [0, 0.1) is 0 Å². The topological polar surface area (TPSA) is 62.3 Å². The van der Waals surface area contributed by atoms with Crippen molar-refractivity contribution in [2.75, 3.05) is 13.2 Å². The molecule has 3 rings (SSSR count). The first kappa shape index (κ1) is 12.0. The predicted octanol–water partition coefficient (Wildman–Crippen LogP) is 2.05. The molecule has 0 saturated carbocycles. The van der Waals surface area contributed by atoms with Gasteiger partial charge in [0.1, 0.15) is 0 Å². The van der Waals surface area contributed by atoms with Gasteiger partial charge in [0.25, 0.3) is 0 Å². The number of aromatic nitrogens is 2. The van der Waals surface area contributed by atoms with E-state index in [1.54, 1.807) is 12.5 Å². The van der Waals surface area contributed by atoms with E-state index in [9.17, 15) is 0 Å². The number of ether oxygens (including phenoxy) is 2. The van der Waals surface area contributed by atoms with Gasteiger partial charge in [0.2, 0.25) is 0 Å². The molecular formula is C14H17N3O2. The zero-order valence-electron chi connectivity index (χ0n) is 10.9. The van der Waals surface area contributed by atoms with Crippen LogP contribution in [0.5, 0.6) is 11.5 Å². The molecule has 1 atom stereocenters. The minimum Gasteiger partial charge on any atom is -0.490 e. The molecule has 5 heteroatoms. The average molecular weight is 259 g/mol. The lowest BCUT2D eigenvalue weighted by Crippen LogP contribution is -2.10. The van der Waals surface area contributed by atoms with Gasteiger partial charge in [0.15, 0.2) is 11.5 Å². The Balaban J connectivity index is 2.01. The van der Waals surface area contributed by atoms with Gasteiger partial charge in [-0.25, -0.2) is 4.98 Å². The van der Waals surface area contributed by atoms with Crippen LogP contribution < -0.4 is 15.2 Å². The van der Waals surface area contributed by atoms with Crippen LogP contribution in [0.25, 0.3) is 5.69 Å². The summed E-state index contributed by atoms with van der Waals surface area (Å²) in [5.74, 6) is 1.57. The fourth-order valence-electron chi connectivity index (χ4n) is 2.16. The minimum atomic E-state index is -0.0709. The number of fused-ring (bicyclic) bond motifs is 1. The van der Waals surface area contributed by atoms with Crippen LogP contribution in [0.15, 0.2) is 30.7 Å². The van der Waals surface area contributed by atoms with Crippen molar-refractivity contribution in [3.63, 3.8) is 0 Å². The lowest BCUT2D eigenvalue weighted by atomic mass is 10.2. The second-order valence-corrected chi connectivity index (χ2v) is 4.66. The first-order chi connectivity index (χ1) is 9.25. The number of hydrogen-bond acceptors (Lipinski definition) is 4. The van der Waals surface area contributed by atoms with Crippen LogP contribution in [-0.2, 0) is 0 Å². The van der Waals surface area contributed by atoms with Crippen LogP contribution in [0.2, 0.25) is 0 Å². The van der Waals surface area contributed by atoms with Crippen LogP contribution >= 0.6 is 0 Å². The maximum absolute atomic E-state index is 5.94. The fourth-order valence-corrected chi connectivity index (χ4v) is 2.16. The van der Waals surface area contributed by atoms with Crippen molar-refractivity contribution in [2.45, 2.75) is 19.4 Å². The molecule has 19 heavy (non-hydrogen) atoms. The normalized spacial score (nSPS) is 15.9. The molecule has 2 heterocycles. The molecule has 0 saturated heterocycles. The summed E-state index contributed by atoms with van der Waals surface area (Å²) >= 11 is 0. The number of benzene rings is 1. The molecule has 1 aromatic heterocycles. The van der Waals surface area contributed by atoms with E-state index < -0.39 is 0 Å². The largest absolute Gasteiger partial charge is 0.490 e. The Bertz CT molecular complexity index is 578. The summed E-state index contributed by atoms with van der Waals surface area (Å²) in [6.45, 7) is 3.32. The van der Waals surface area contributed by atoms with Crippen LogP contribution in [0.1, 0.15) is 25.1 Å². The van der Waals surface area contributed by atoms with Gasteiger partial charge in [-0.1, -0.05) is 0 Å². The number of hydrogen-bond donors (Lipinski definition) is 1. The van der Waals surface area contributed by atoms with Gasteiger partial charge < -0.3 is 19.8 Å². The molecule has 1 aromatic carbocycles. The number of nitrogens with zero attached hydrogens (tertiary/aromatic N) is 2. The highest BCUT2D eigenvalue weighted by molar-refractivity contribution is 5.49. The summed E-state index contributed by atoms with van der Waals surface area (Å²) in [4.78, 5) is 4.16. The first-order valence-electron chi connectivity index (χ1n) is 6.43. The average Bonchev–Trinajstić information content (AvgIpc) is 2.78. The zero-order chi connectivity index (χ0) is 13.2. The molecule has 1 aliphatic heterocycles. The third-order valence-corrected chi connectivity index (χ3v) is 3.14. The molecule has 0 spiro atoms. The van der Waals surface area contributed by atoms with Gasteiger partial charge >= 0.3 is 0 Å². The SMILES string of the molecule is C[C@H](N)c1cncn1-c1ccc2c(c1)OCCCO2. The molecule has 0 amide bonds. The standard InChI is InChI=1S/C14H17N3O2/c1-10(15)12-8-16-9-17(12)11-3-4-13-14(7-11)19-6-2-5-18-13/h3-4,7-10H,2,5-6,15H2,1H3/t10-/m0/s1.